The highest BCUT2D eigenvalue weighted by Gasteiger charge is 2.20. The fraction of sp³-hybridized carbons (Fsp3) is 0.500. The third kappa shape index (κ3) is 2.92. The standard InChI is InChI=1S/C14H21N3O2/c1-10-4-3-7-17(9-10)13-8-11(19-2)5-6-12(13)14(15)16-18/h5-6,8,10,18H,3-4,7,9H2,1-2H3,(H2,15,16). The first-order chi connectivity index (χ1) is 9.15. The molecule has 1 heterocycles. The van der Waals surface area contributed by atoms with Crippen molar-refractivity contribution < 1.29 is 9.94 Å². The van der Waals surface area contributed by atoms with Crippen molar-refractivity contribution in [1.29, 1.82) is 0 Å². The second kappa shape index (κ2) is 5.82. The van der Waals surface area contributed by atoms with Gasteiger partial charge in [0.2, 0.25) is 0 Å². The average molecular weight is 263 g/mol. The first-order valence-corrected chi connectivity index (χ1v) is 6.56. The van der Waals surface area contributed by atoms with Crippen LogP contribution in [0, 0.1) is 5.92 Å². The van der Waals surface area contributed by atoms with Gasteiger partial charge in [0.1, 0.15) is 5.75 Å². The Morgan fingerprint density at radius 3 is 2.95 bits per heavy atom. The lowest BCUT2D eigenvalue weighted by Crippen LogP contribution is -2.35. The van der Waals surface area contributed by atoms with Crippen LogP contribution in [0.5, 0.6) is 5.75 Å². The number of oxime groups is 1. The van der Waals surface area contributed by atoms with Crippen molar-refractivity contribution in [3.8, 4) is 5.75 Å². The van der Waals surface area contributed by atoms with E-state index >= 15 is 0 Å². The van der Waals surface area contributed by atoms with Gasteiger partial charge in [-0.05, 0) is 30.9 Å². The summed E-state index contributed by atoms with van der Waals surface area (Å²) in [6, 6.07) is 5.61. The lowest BCUT2D eigenvalue weighted by molar-refractivity contribution is 0.318. The molecule has 1 atom stereocenters. The van der Waals surface area contributed by atoms with Gasteiger partial charge in [-0.2, -0.15) is 0 Å². The smallest absolute Gasteiger partial charge is 0.172 e. The monoisotopic (exact) mass is 263 g/mol. The molecule has 1 aliphatic rings. The molecule has 1 aromatic rings. The first-order valence-electron chi connectivity index (χ1n) is 6.56. The number of rotatable bonds is 3. The van der Waals surface area contributed by atoms with Gasteiger partial charge in [-0.25, -0.2) is 0 Å². The maximum absolute atomic E-state index is 8.90. The highest BCUT2D eigenvalue weighted by molar-refractivity contribution is 6.02. The molecule has 1 fully saturated rings. The molecule has 5 nitrogen and oxygen atoms in total. The van der Waals surface area contributed by atoms with E-state index in [0.29, 0.717) is 5.92 Å². The van der Waals surface area contributed by atoms with E-state index in [9.17, 15) is 0 Å². The second-order valence-corrected chi connectivity index (χ2v) is 5.06. The van der Waals surface area contributed by atoms with Crippen LogP contribution in [0.4, 0.5) is 5.69 Å². The van der Waals surface area contributed by atoms with E-state index < -0.39 is 0 Å². The summed E-state index contributed by atoms with van der Waals surface area (Å²) in [7, 11) is 1.64. The Balaban J connectivity index is 2.39. The van der Waals surface area contributed by atoms with Gasteiger partial charge >= 0.3 is 0 Å². The van der Waals surface area contributed by atoms with E-state index in [1.165, 1.54) is 6.42 Å². The summed E-state index contributed by atoms with van der Waals surface area (Å²) in [5, 5.41) is 12.0. The lowest BCUT2D eigenvalue weighted by atomic mass is 9.98. The third-order valence-corrected chi connectivity index (χ3v) is 3.59. The SMILES string of the molecule is COc1ccc(/C(N)=N/O)c(N2CCCC(C)C2)c1. The Kier molecular flexibility index (Phi) is 4.14. The zero-order chi connectivity index (χ0) is 13.8. The van der Waals surface area contributed by atoms with E-state index in [-0.39, 0.29) is 5.84 Å². The molecule has 3 N–H and O–H groups in total. The highest BCUT2D eigenvalue weighted by atomic mass is 16.5. The van der Waals surface area contributed by atoms with Gasteiger partial charge < -0.3 is 20.6 Å². The minimum atomic E-state index is 0.135. The van der Waals surface area contributed by atoms with Gasteiger partial charge in [-0.15, -0.1) is 0 Å². The van der Waals surface area contributed by atoms with Crippen molar-refractivity contribution in [2.24, 2.45) is 16.8 Å². The summed E-state index contributed by atoms with van der Waals surface area (Å²) in [6.45, 7) is 4.22. The molecule has 0 radical (unpaired) electrons. The molecule has 1 aliphatic heterocycles. The molecular formula is C14H21N3O2. The fourth-order valence-electron chi connectivity index (χ4n) is 2.58. The quantitative estimate of drug-likeness (QED) is 0.379. The topological polar surface area (TPSA) is 71.1 Å². The number of piperidine rings is 1. The maximum Gasteiger partial charge on any atom is 0.172 e. The van der Waals surface area contributed by atoms with Crippen molar-refractivity contribution >= 4 is 11.5 Å². The molecule has 2 rings (SSSR count). The number of nitrogens with two attached hydrogens (primary N) is 1. The van der Waals surface area contributed by atoms with Crippen molar-refractivity contribution in [2.75, 3.05) is 25.1 Å². The Bertz CT molecular complexity index is 474. The van der Waals surface area contributed by atoms with Gasteiger partial charge in [-0.3, -0.25) is 0 Å². The van der Waals surface area contributed by atoms with Crippen molar-refractivity contribution in [3.05, 3.63) is 23.8 Å². The van der Waals surface area contributed by atoms with Crippen LogP contribution in [0.25, 0.3) is 0 Å². The number of hydrogen-bond acceptors (Lipinski definition) is 4. The molecule has 0 aliphatic carbocycles. The molecule has 0 spiro atoms. The highest BCUT2D eigenvalue weighted by Crippen LogP contribution is 2.29. The molecule has 19 heavy (non-hydrogen) atoms. The summed E-state index contributed by atoms with van der Waals surface area (Å²) in [4.78, 5) is 2.28. The van der Waals surface area contributed by atoms with E-state index in [1.54, 1.807) is 7.11 Å². The van der Waals surface area contributed by atoms with Crippen molar-refractivity contribution in [3.63, 3.8) is 0 Å². The van der Waals surface area contributed by atoms with Crippen LogP contribution in [0.3, 0.4) is 0 Å². The Labute approximate surface area is 113 Å². The Hall–Kier alpha value is -1.91. The van der Waals surface area contributed by atoms with Gasteiger partial charge in [0.25, 0.3) is 0 Å². The average Bonchev–Trinajstić information content (AvgIpc) is 2.45. The molecule has 0 amide bonds. The van der Waals surface area contributed by atoms with Crippen molar-refractivity contribution in [2.45, 2.75) is 19.8 Å². The van der Waals surface area contributed by atoms with Crippen LogP contribution in [0.15, 0.2) is 23.4 Å². The normalized spacial score (nSPS) is 20.4. The number of methoxy groups -OCH3 is 1. The lowest BCUT2D eigenvalue weighted by Gasteiger charge is -2.34. The third-order valence-electron chi connectivity index (χ3n) is 3.59. The maximum atomic E-state index is 8.90. The molecule has 0 saturated carbocycles. The van der Waals surface area contributed by atoms with Crippen LogP contribution in [0.1, 0.15) is 25.3 Å². The van der Waals surface area contributed by atoms with Gasteiger partial charge in [0.05, 0.1) is 12.8 Å². The minimum absolute atomic E-state index is 0.135. The van der Waals surface area contributed by atoms with Crippen LogP contribution in [-0.4, -0.2) is 31.2 Å². The van der Waals surface area contributed by atoms with Crippen LogP contribution >= 0.6 is 0 Å². The van der Waals surface area contributed by atoms with E-state index in [2.05, 4.69) is 17.0 Å². The minimum Gasteiger partial charge on any atom is -0.497 e. The summed E-state index contributed by atoms with van der Waals surface area (Å²) in [5.74, 6) is 1.57. The zero-order valence-corrected chi connectivity index (χ0v) is 11.5. The number of ether oxygens (including phenoxy) is 1. The summed E-state index contributed by atoms with van der Waals surface area (Å²) >= 11 is 0. The van der Waals surface area contributed by atoms with Gasteiger partial charge in [-0.1, -0.05) is 12.1 Å². The number of benzene rings is 1. The summed E-state index contributed by atoms with van der Waals surface area (Å²) < 4.78 is 5.27. The molecule has 0 aromatic heterocycles. The molecule has 1 aromatic carbocycles. The zero-order valence-electron chi connectivity index (χ0n) is 11.5. The van der Waals surface area contributed by atoms with E-state index in [0.717, 1.165) is 36.5 Å². The Morgan fingerprint density at radius 1 is 1.53 bits per heavy atom. The van der Waals surface area contributed by atoms with E-state index in [4.69, 9.17) is 15.7 Å². The number of nitrogens with zero attached hydrogens (tertiary/aromatic N) is 2. The second-order valence-electron chi connectivity index (χ2n) is 5.06. The fourth-order valence-corrected chi connectivity index (χ4v) is 2.58. The first kappa shape index (κ1) is 13.5. The van der Waals surface area contributed by atoms with Crippen molar-refractivity contribution in [1.82, 2.24) is 0 Å². The number of hydrogen-bond donors (Lipinski definition) is 2. The largest absolute Gasteiger partial charge is 0.497 e. The molecule has 1 unspecified atom stereocenters. The molecular weight excluding hydrogens is 242 g/mol. The summed E-state index contributed by atoms with van der Waals surface area (Å²) in [6.07, 6.45) is 2.41. The predicted molar refractivity (Wildman–Crippen MR) is 76.1 cm³/mol. The molecule has 0 bridgehead atoms. The van der Waals surface area contributed by atoms with Crippen LogP contribution in [-0.2, 0) is 0 Å². The van der Waals surface area contributed by atoms with Crippen LogP contribution in [0.2, 0.25) is 0 Å². The van der Waals surface area contributed by atoms with Crippen LogP contribution < -0.4 is 15.4 Å². The molecule has 104 valence electrons. The summed E-state index contributed by atoms with van der Waals surface area (Å²) in [5.41, 5.74) is 7.48. The predicted octanol–water partition coefficient (Wildman–Crippen LogP) is 2.03. The molecule has 1 saturated heterocycles. The molecule has 5 heteroatoms. The Morgan fingerprint density at radius 2 is 2.32 bits per heavy atom. The van der Waals surface area contributed by atoms with Gasteiger partial charge in [0, 0.05) is 24.7 Å². The van der Waals surface area contributed by atoms with E-state index in [1.807, 2.05) is 18.2 Å². The number of amidine groups is 1. The number of anilines is 1. The van der Waals surface area contributed by atoms with Gasteiger partial charge in [0.15, 0.2) is 5.84 Å².